The molecule has 150 valence electrons. The first-order valence-corrected chi connectivity index (χ1v) is 9.30. The molecule has 0 saturated carbocycles. The minimum Gasteiger partial charge on any atom is -0.466 e. The molecule has 0 aliphatic carbocycles. The van der Waals surface area contributed by atoms with E-state index in [1.807, 2.05) is 6.92 Å². The molecule has 0 radical (unpaired) electrons. The van der Waals surface area contributed by atoms with Crippen molar-refractivity contribution in [2.75, 3.05) is 19.7 Å². The van der Waals surface area contributed by atoms with Crippen molar-refractivity contribution >= 4 is 41.2 Å². The lowest BCUT2D eigenvalue weighted by Gasteiger charge is -2.36. The number of ether oxygens (including phenoxy) is 1. The fraction of sp³-hybridized carbons (Fsp3) is 0.368. The van der Waals surface area contributed by atoms with E-state index in [1.54, 1.807) is 0 Å². The van der Waals surface area contributed by atoms with Crippen LogP contribution in [0, 0.1) is 5.82 Å². The van der Waals surface area contributed by atoms with Crippen LogP contribution in [0.25, 0.3) is 6.08 Å². The van der Waals surface area contributed by atoms with Gasteiger partial charge in [-0.2, -0.15) is 0 Å². The van der Waals surface area contributed by atoms with Crippen molar-refractivity contribution in [3.63, 3.8) is 0 Å². The Morgan fingerprint density at radius 2 is 2.11 bits per heavy atom. The molecule has 1 atom stereocenters. The topological polar surface area (TPSA) is 87.7 Å². The molecule has 1 fully saturated rings. The molecule has 1 aliphatic heterocycles. The monoisotopic (exact) mass is 407 g/mol. The number of nitrogens with zero attached hydrogens (tertiary/aromatic N) is 1. The number of piperazine rings is 1. The summed E-state index contributed by atoms with van der Waals surface area (Å²) in [6.45, 7) is 2.86. The van der Waals surface area contributed by atoms with Crippen LogP contribution in [-0.4, -0.2) is 53.5 Å². The minimum atomic E-state index is -0.841. The molecule has 0 aromatic heterocycles. The molecule has 2 N–H and O–H groups in total. The van der Waals surface area contributed by atoms with Crippen LogP contribution in [-0.2, 0) is 19.1 Å². The van der Waals surface area contributed by atoms with Crippen LogP contribution in [0.5, 0.6) is 0 Å². The van der Waals surface area contributed by atoms with E-state index in [2.05, 4.69) is 10.6 Å². The Kier molecular flexibility index (Phi) is 8.06. The number of nitrogens with one attached hydrogen (secondary N) is 2. The average Bonchev–Trinajstić information content (AvgIpc) is 2.67. The molecule has 1 aromatic carbocycles. The van der Waals surface area contributed by atoms with Gasteiger partial charge < -0.3 is 15.0 Å². The fourth-order valence-corrected chi connectivity index (χ4v) is 2.88. The van der Waals surface area contributed by atoms with Crippen molar-refractivity contribution in [3.05, 3.63) is 41.7 Å². The fourth-order valence-electron chi connectivity index (χ4n) is 2.56. The maximum absolute atomic E-state index is 12.9. The Bertz CT molecular complexity index is 767. The second kappa shape index (κ2) is 10.5. The molecule has 9 heteroatoms. The van der Waals surface area contributed by atoms with Crippen molar-refractivity contribution in [3.8, 4) is 0 Å². The first kappa shape index (κ1) is 21.5. The van der Waals surface area contributed by atoms with E-state index in [4.69, 9.17) is 17.0 Å². The van der Waals surface area contributed by atoms with Gasteiger partial charge in [0, 0.05) is 19.2 Å². The van der Waals surface area contributed by atoms with E-state index in [0.717, 1.165) is 0 Å². The van der Waals surface area contributed by atoms with Gasteiger partial charge in [-0.3, -0.25) is 19.7 Å². The SMILES string of the molecule is CCCOC(=O)CC1C(=O)NCCN1C(=S)NC(=O)C=Cc1ccc(F)cc1. The summed E-state index contributed by atoms with van der Waals surface area (Å²) in [6.07, 6.45) is 3.29. The summed E-state index contributed by atoms with van der Waals surface area (Å²) in [6, 6.07) is 4.80. The molecule has 28 heavy (non-hydrogen) atoms. The Morgan fingerprint density at radius 1 is 1.39 bits per heavy atom. The highest BCUT2D eigenvalue weighted by atomic mass is 32.1. The van der Waals surface area contributed by atoms with Crippen LogP contribution in [0.2, 0.25) is 0 Å². The number of thiocarbonyl (C=S) groups is 1. The quantitative estimate of drug-likeness (QED) is 0.421. The molecule has 0 spiro atoms. The molecule has 1 aromatic rings. The summed E-state index contributed by atoms with van der Waals surface area (Å²) in [5.41, 5.74) is 0.649. The molecule has 1 saturated heterocycles. The highest BCUT2D eigenvalue weighted by molar-refractivity contribution is 7.80. The number of rotatable bonds is 6. The van der Waals surface area contributed by atoms with Crippen LogP contribution < -0.4 is 10.6 Å². The van der Waals surface area contributed by atoms with Crippen molar-refractivity contribution in [1.29, 1.82) is 0 Å². The van der Waals surface area contributed by atoms with Gasteiger partial charge in [-0.25, -0.2) is 4.39 Å². The third kappa shape index (κ3) is 6.41. The van der Waals surface area contributed by atoms with Gasteiger partial charge in [0.05, 0.1) is 13.0 Å². The van der Waals surface area contributed by atoms with E-state index < -0.39 is 17.9 Å². The second-order valence-electron chi connectivity index (χ2n) is 6.10. The number of halogens is 1. The van der Waals surface area contributed by atoms with Crippen molar-refractivity contribution in [2.45, 2.75) is 25.8 Å². The van der Waals surface area contributed by atoms with Gasteiger partial charge in [0.25, 0.3) is 0 Å². The highest BCUT2D eigenvalue weighted by Crippen LogP contribution is 2.11. The van der Waals surface area contributed by atoms with Crippen LogP contribution >= 0.6 is 12.2 Å². The van der Waals surface area contributed by atoms with E-state index >= 15 is 0 Å². The van der Waals surface area contributed by atoms with Gasteiger partial charge >= 0.3 is 5.97 Å². The number of amides is 2. The van der Waals surface area contributed by atoms with Gasteiger partial charge in [0.2, 0.25) is 11.8 Å². The number of benzene rings is 1. The summed E-state index contributed by atoms with van der Waals surface area (Å²) in [5, 5.41) is 5.25. The number of hydrogen-bond donors (Lipinski definition) is 2. The van der Waals surface area contributed by atoms with Crippen molar-refractivity contribution < 1.29 is 23.5 Å². The van der Waals surface area contributed by atoms with Gasteiger partial charge in [-0.05, 0) is 42.4 Å². The predicted octanol–water partition coefficient (Wildman–Crippen LogP) is 1.38. The molecule has 0 bridgehead atoms. The molecular weight excluding hydrogens is 385 g/mol. The molecule has 1 heterocycles. The Hall–Kier alpha value is -2.81. The maximum Gasteiger partial charge on any atom is 0.308 e. The van der Waals surface area contributed by atoms with Crippen molar-refractivity contribution in [2.24, 2.45) is 0 Å². The third-order valence-corrected chi connectivity index (χ3v) is 4.28. The van der Waals surface area contributed by atoms with Gasteiger partial charge in [0.15, 0.2) is 5.11 Å². The molecular formula is C19H22FN3O4S. The van der Waals surface area contributed by atoms with Crippen LogP contribution in [0.4, 0.5) is 4.39 Å². The van der Waals surface area contributed by atoms with Crippen LogP contribution in [0.15, 0.2) is 30.3 Å². The molecule has 1 unspecified atom stereocenters. The molecule has 1 aliphatic rings. The largest absolute Gasteiger partial charge is 0.466 e. The normalized spacial score (nSPS) is 16.6. The van der Waals surface area contributed by atoms with Gasteiger partial charge in [0.1, 0.15) is 11.9 Å². The van der Waals surface area contributed by atoms with E-state index in [9.17, 15) is 18.8 Å². The average molecular weight is 407 g/mol. The van der Waals surface area contributed by atoms with E-state index in [0.29, 0.717) is 25.1 Å². The Labute approximate surface area is 167 Å². The number of hydrogen-bond acceptors (Lipinski definition) is 5. The van der Waals surface area contributed by atoms with Crippen LogP contribution in [0.1, 0.15) is 25.3 Å². The van der Waals surface area contributed by atoms with Gasteiger partial charge in [-0.1, -0.05) is 19.1 Å². The zero-order chi connectivity index (χ0) is 20.5. The maximum atomic E-state index is 12.9. The summed E-state index contributed by atoms with van der Waals surface area (Å²) < 4.78 is 17.9. The number of carbonyl (C=O) groups excluding carboxylic acids is 3. The zero-order valence-corrected chi connectivity index (χ0v) is 16.3. The minimum absolute atomic E-state index is 0.0527. The molecule has 2 rings (SSSR count). The molecule has 7 nitrogen and oxygen atoms in total. The first-order chi connectivity index (χ1) is 13.4. The van der Waals surface area contributed by atoms with E-state index in [-0.39, 0.29) is 29.9 Å². The zero-order valence-electron chi connectivity index (χ0n) is 15.4. The predicted molar refractivity (Wildman–Crippen MR) is 106 cm³/mol. The Balaban J connectivity index is 1.97. The second-order valence-corrected chi connectivity index (χ2v) is 6.49. The number of carbonyl (C=O) groups is 3. The third-order valence-electron chi connectivity index (χ3n) is 3.95. The lowest BCUT2D eigenvalue weighted by atomic mass is 10.1. The van der Waals surface area contributed by atoms with Gasteiger partial charge in [-0.15, -0.1) is 0 Å². The lowest BCUT2D eigenvalue weighted by molar-refractivity contribution is -0.147. The van der Waals surface area contributed by atoms with E-state index in [1.165, 1.54) is 41.3 Å². The summed E-state index contributed by atoms with van der Waals surface area (Å²) in [7, 11) is 0. The number of esters is 1. The lowest BCUT2D eigenvalue weighted by Crippen LogP contribution is -2.60. The summed E-state index contributed by atoms with van der Waals surface area (Å²) >= 11 is 5.25. The summed E-state index contributed by atoms with van der Waals surface area (Å²) in [5.74, 6) is -1.71. The smallest absolute Gasteiger partial charge is 0.308 e. The molecule has 2 amide bonds. The first-order valence-electron chi connectivity index (χ1n) is 8.89. The Morgan fingerprint density at radius 3 is 2.79 bits per heavy atom. The van der Waals surface area contributed by atoms with Crippen molar-refractivity contribution in [1.82, 2.24) is 15.5 Å². The highest BCUT2D eigenvalue weighted by Gasteiger charge is 2.34. The standard InChI is InChI=1S/C19H22FN3O4S/c1-2-11-27-17(25)12-15-18(26)21-9-10-23(15)19(28)22-16(24)8-5-13-3-6-14(20)7-4-13/h3-8,15H,2,9-12H2,1H3,(H,21,26)(H,22,24,28). The van der Waals surface area contributed by atoms with Crippen LogP contribution in [0.3, 0.4) is 0 Å². The summed E-state index contributed by atoms with van der Waals surface area (Å²) in [4.78, 5) is 37.7.